The average molecular weight is 442 g/mol. The van der Waals surface area contributed by atoms with Gasteiger partial charge in [-0.05, 0) is 48.2 Å². The molecule has 0 bridgehead atoms. The molecule has 2 N–H and O–H groups in total. The van der Waals surface area contributed by atoms with Crippen LogP contribution in [0.5, 0.6) is 17.2 Å². The lowest BCUT2D eigenvalue weighted by atomic mass is 9.98. The fraction of sp³-hybridized carbons (Fsp3) is 0.208. The number of nitrogens with one attached hydrogen (secondary N) is 1. The SMILES string of the molecule is COc1cccc(-c2c(-c3ccc(OCC4=CC=CCC4)cc3O)n[nH]c2C(F)(F)F)c1. The molecule has 0 spiro atoms. The minimum absolute atomic E-state index is 0.0187. The van der Waals surface area contributed by atoms with Crippen molar-refractivity contribution in [1.82, 2.24) is 10.2 Å². The van der Waals surface area contributed by atoms with E-state index in [4.69, 9.17) is 9.47 Å². The number of nitrogens with zero attached hydrogens (tertiary/aromatic N) is 1. The molecule has 1 aliphatic rings. The second kappa shape index (κ2) is 8.82. The van der Waals surface area contributed by atoms with E-state index in [-0.39, 0.29) is 28.1 Å². The van der Waals surface area contributed by atoms with Gasteiger partial charge < -0.3 is 14.6 Å². The molecule has 0 aliphatic heterocycles. The third-order valence-electron chi connectivity index (χ3n) is 5.16. The van der Waals surface area contributed by atoms with Gasteiger partial charge in [0.05, 0.1) is 7.11 Å². The van der Waals surface area contributed by atoms with Crippen LogP contribution in [0.1, 0.15) is 18.5 Å². The van der Waals surface area contributed by atoms with Gasteiger partial charge in [0.25, 0.3) is 0 Å². The first-order valence-electron chi connectivity index (χ1n) is 9.97. The topological polar surface area (TPSA) is 67.4 Å². The molecule has 4 rings (SSSR count). The van der Waals surface area contributed by atoms with Crippen LogP contribution in [0.3, 0.4) is 0 Å². The number of aromatic amines is 1. The van der Waals surface area contributed by atoms with Gasteiger partial charge in [0.1, 0.15) is 35.2 Å². The summed E-state index contributed by atoms with van der Waals surface area (Å²) in [6.07, 6.45) is 3.22. The van der Waals surface area contributed by atoms with Crippen molar-refractivity contribution >= 4 is 0 Å². The van der Waals surface area contributed by atoms with Crippen LogP contribution in [0.15, 0.2) is 66.3 Å². The molecule has 0 amide bonds. The van der Waals surface area contributed by atoms with Crippen LogP contribution in [-0.4, -0.2) is 29.0 Å². The van der Waals surface area contributed by atoms with Crippen molar-refractivity contribution in [2.24, 2.45) is 0 Å². The molecule has 5 nitrogen and oxygen atoms in total. The number of alkyl halides is 3. The summed E-state index contributed by atoms with van der Waals surface area (Å²) < 4.78 is 52.0. The summed E-state index contributed by atoms with van der Waals surface area (Å²) in [4.78, 5) is 0. The average Bonchev–Trinajstić information content (AvgIpc) is 3.24. The predicted molar refractivity (Wildman–Crippen MR) is 115 cm³/mol. The van der Waals surface area contributed by atoms with Crippen LogP contribution in [-0.2, 0) is 6.18 Å². The number of allylic oxidation sites excluding steroid dienone is 3. The number of H-pyrrole nitrogens is 1. The Balaban J connectivity index is 1.71. The van der Waals surface area contributed by atoms with Gasteiger partial charge in [-0.3, -0.25) is 5.10 Å². The Morgan fingerprint density at radius 2 is 1.97 bits per heavy atom. The number of hydrogen-bond donors (Lipinski definition) is 2. The minimum Gasteiger partial charge on any atom is -0.507 e. The highest BCUT2D eigenvalue weighted by atomic mass is 19.4. The van der Waals surface area contributed by atoms with Crippen molar-refractivity contribution in [3.8, 4) is 39.6 Å². The quantitative estimate of drug-likeness (QED) is 0.482. The van der Waals surface area contributed by atoms with Gasteiger partial charge in [-0.25, -0.2) is 0 Å². The van der Waals surface area contributed by atoms with Crippen LogP contribution < -0.4 is 9.47 Å². The lowest BCUT2D eigenvalue weighted by Gasteiger charge is -2.13. The first-order valence-corrected chi connectivity index (χ1v) is 9.97. The summed E-state index contributed by atoms with van der Waals surface area (Å²) >= 11 is 0. The highest BCUT2D eigenvalue weighted by Crippen LogP contribution is 2.44. The summed E-state index contributed by atoms with van der Waals surface area (Å²) in [5.74, 6) is 0.586. The van der Waals surface area contributed by atoms with Gasteiger partial charge in [-0.2, -0.15) is 18.3 Å². The number of methoxy groups -OCH3 is 1. The molecule has 1 heterocycles. The number of benzene rings is 2. The summed E-state index contributed by atoms with van der Waals surface area (Å²) in [5, 5.41) is 16.6. The Hall–Kier alpha value is -3.68. The lowest BCUT2D eigenvalue weighted by Crippen LogP contribution is -2.07. The van der Waals surface area contributed by atoms with Crippen LogP contribution in [0, 0.1) is 0 Å². The number of aromatic nitrogens is 2. The number of halogens is 3. The van der Waals surface area contributed by atoms with E-state index in [1.807, 2.05) is 12.2 Å². The summed E-state index contributed by atoms with van der Waals surface area (Å²) in [6, 6.07) is 10.7. The molecule has 166 valence electrons. The lowest BCUT2D eigenvalue weighted by molar-refractivity contribution is -0.140. The van der Waals surface area contributed by atoms with E-state index in [0.717, 1.165) is 18.4 Å². The first kappa shape index (κ1) is 21.5. The monoisotopic (exact) mass is 442 g/mol. The van der Waals surface area contributed by atoms with E-state index < -0.39 is 11.9 Å². The van der Waals surface area contributed by atoms with Gasteiger partial charge in [-0.1, -0.05) is 30.4 Å². The predicted octanol–water partition coefficient (Wildman–Crippen LogP) is 6.13. The molecule has 0 atom stereocenters. The number of ether oxygens (including phenoxy) is 2. The third-order valence-corrected chi connectivity index (χ3v) is 5.16. The van der Waals surface area contributed by atoms with Crippen molar-refractivity contribution in [3.63, 3.8) is 0 Å². The van der Waals surface area contributed by atoms with Crippen molar-refractivity contribution in [1.29, 1.82) is 0 Å². The Morgan fingerprint density at radius 3 is 2.66 bits per heavy atom. The van der Waals surface area contributed by atoms with Crippen molar-refractivity contribution in [2.75, 3.05) is 13.7 Å². The fourth-order valence-electron chi connectivity index (χ4n) is 3.55. The molecular weight excluding hydrogens is 421 g/mol. The largest absolute Gasteiger partial charge is 0.507 e. The molecule has 32 heavy (non-hydrogen) atoms. The van der Waals surface area contributed by atoms with E-state index in [1.165, 1.54) is 31.4 Å². The Bertz CT molecular complexity index is 1180. The van der Waals surface area contributed by atoms with E-state index in [2.05, 4.69) is 16.3 Å². The highest BCUT2D eigenvalue weighted by Gasteiger charge is 2.38. The smallest absolute Gasteiger partial charge is 0.433 e. The van der Waals surface area contributed by atoms with Crippen molar-refractivity contribution < 1.29 is 27.8 Å². The maximum atomic E-state index is 13.7. The fourth-order valence-corrected chi connectivity index (χ4v) is 3.55. The first-order chi connectivity index (χ1) is 15.4. The Morgan fingerprint density at radius 1 is 1.12 bits per heavy atom. The third kappa shape index (κ3) is 4.49. The number of phenolic OH excluding ortho intramolecular Hbond substituents is 1. The highest BCUT2D eigenvalue weighted by molar-refractivity contribution is 5.86. The molecule has 2 aromatic carbocycles. The Kier molecular flexibility index (Phi) is 5.94. The van der Waals surface area contributed by atoms with Gasteiger partial charge >= 0.3 is 6.18 Å². The second-order valence-corrected chi connectivity index (χ2v) is 7.31. The normalized spacial score (nSPS) is 13.7. The zero-order valence-corrected chi connectivity index (χ0v) is 17.2. The molecular formula is C24H21F3N2O3. The summed E-state index contributed by atoms with van der Waals surface area (Å²) in [6.45, 7) is 0.374. The molecule has 1 aromatic heterocycles. The number of hydrogen-bond acceptors (Lipinski definition) is 4. The van der Waals surface area contributed by atoms with Crippen molar-refractivity contribution in [2.45, 2.75) is 19.0 Å². The number of rotatable bonds is 6. The number of aromatic hydroxyl groups is 1. The molecule has 0 unspecified atom stereocenters. The molecule has 0 saturated carbocycles. The van der Waals surface area contributed by atoms with Gasteiger partial charge in [-0.15, -0.1) is 0 Å². The Labute approximate surface area is 182 Å². The molecule has 0 saturated heterocycles. The molecule has 3 aromatic rings. The summed E-state index contributed by atoms with van der Waals surface area (Å²) in [5.41, 5.74) is 0.352. The van der Waals surface area contributed by atoms with Crippen molar-refractivity contribution in [3.05, 3.63) is 72.0 Å². The van der Waals surface area contributed by atoms with Gasteiger partial charge in [0.2, 0.25) is 0 Å². The number of phenols is 1. The van der Waals surface area contributed by atoms with Crippen LogP contribution in [0.4, 0.5) is 13.2 Å². The van der Waals surface area contributed by atoms with E-state index in [0.29, 0.717) is 18.1 Å². The standard InChI is InChI=1S/C24H21F3N2O3/c1-31-17-9-5-8-16(12-17)21-22(28-29-23(21)24(25,26)27)19-11-10-18(13-20(19)30)32-14-15-6-3-2-4-7-15/h2-3,5-6,8-13,30H,4,7,14H2,1H3,(H,28,29). The maximum absolute atomic E-state index is 13.7. The van der Waals surface area contributed by atoms with Gasteiger partial charge in [0, 0.05) is 17.2 Å². The molecule has 8 heteroatoms. The molecule has 1 aliphatic carbocycles. The zero-order chi connectivity index (χ0) is 22.7. The van der Waals surface area contributed by atoms with Crippen LogP contribution in [0.2, 0.25) is 0 Å². The molecule has 0 radical (unpaired) electrons. The zero-order valence-electron chi connectivity index (χ0n) is 17.2. The van der Waals surface area contributed by atoms with E-state index >= 15 is 0 Å². The van der Waals surface area contributed by atoms with E-state index in [1.54, 1.807) is 18.2 Å². The maximum Gasteiger partial charge on any atom is 0.433 e. The van der Waals surface area contributed by atoms with Crippen LogP contribution >= 0.6 is 0 Å². The van der Waals surface area contributed by atoms with E-state index in [9.17, 15) is 18.3 Å². The van der Waals surface area contributed by atoms with Gasteiger partial charge in [0.15, 0.2) is 0 Å². The summed E-state index contributed by atoms with van der Waals surface area (Å²) in [7, 11) is 1.43. The van der Waals surface area contributed by atoms with Crippen LogP contribution in [0.25, 0.3) is 22.4 Å². The second-order valence-electron chi connectivity index (χ2n) is 7.31. The molecule has 0 fully saturated rings. The minimum atomic E-state index is -4.66.